The molecule has 0 saturated heterocycles. The number of rotatable bonds is 10. The Labute approximate surface area is 289 Å². The topological polar surface area (TPSA) is 100 Å². The van der Waals surface area contributed by atoms with E-state index >= 15 is 0 Å². The van der Waals surface area contributed by atoms with E-state index in [0.29, 0.717) is 37.0 Å². The Morgan fingerprint density at radius 2 is 1.50 bits per heavy atom. The van der Waals surface area contributed by atoms with Gasteiger partial charge in [0.15, 0.2) is 5.13 Å². The van der Waals surface area contributed by atoms with Crippen molar-refractivity contribution in [3.63, 3.8) is 0 Å². The minimum Gasteiger partial charge on any atom is -0.321 e. The van der Waals surface area contributed by atoms with Crippen molar-refractivity contribution in [3.05, 3.63) is 134 Å². The molecule has 12 heteroatoms. The minimum absolute atomic E-state index is 0.0472. The zero-order chi connectivity index (χ0) is 32.6. The number of carbonyl (C=O) groups excluding carboxylic acids is 3. The smallest absolute Gasteiger partial charge is 0.272 e. The first-order chi connectivity index (χ1) is 22.2. The number of benzene rings is 4. The van der Waals surface area contributed by atoms with Crippen LogP contribution < -0.4 is 16.0 Å². The van der Waals surface area contributed by atoms with Crippen molar-refractivity contribution in [2.75, 3.05) is 10.6 Å². The van der Waals surface area contributed by atoms with Crippen molar-refractivity contribution in [3.8, 4) is 11.3 Å². The van der Waals surface area contributed by atoms with Gasteiger partial charge in [0.1, 0.15) is 5.70 Å². The monoisotopic (exact) mass is 706 g/mol. The van der Waals surface area contributed by atoms with Gasteiger partial charge in [-0.25, -0.2) is 4.98 Å². The van der Waals surface area contributed by atoms with Gasteiger partial charge in [0.05, 0.1) is 10.9 Å². The Bertz CT molecular complexity index is 1880. The average molecular weight is 708 g/mol. The van der Waals surface area contributed by atoms with E-state index < -0.39 is 17.1 Å². The Kier molecular flexibility index (Phi) is 11.2. The maximum Gasteiger partial charge on any atom is 0.272 e. The van der Waals surface area contributed by atoms with Gasteiger partial charge in [-0.05, 0) is 73.7 Å². The fourth-order valence-corrected chi connectivity index (χ4v) is 6.32. The number of nitrogens with zero attached hydrogens (tertiary/aromatic N) is 1. The first kappa shape index (κ1) is 33.2. The molecule has 0 radical (unpaired) electrons. The van der Waals surface area contributed by atoms with Gasteiger partial charge < -0.3 is 16.0 Å². The molecule has 0 saturated carbocycles. The average Bonchev–Trinajstić information content (AvgIpc) is 3.52. The second-order valence-corrected chi connectivity index (χ2v) is 13.3. The number of thioether (sulfide) groups is 1. The zero-order valence-electron chi connectivity index (χ0n) is 24.1. The largest absolute Gasteiger partial charge is 0.321 e. The Hall–Kier alpha value is -4.12. The van der Waals surface area contributed by atoms with Crippen LogP contribution in [0.15, 0.2) is 113 Å². The van der Waals surface area contributed by atoms with Crippen molar-refractivity contribution in [1.29, 1.82) is 0 Å². The minimum atomic E-state index is -0.574. The number of halogens is 3. The number of hydrogen-bond acceptors (Lipinski definition) is 6. The molecule has 46 heavy (non-hydrogen) atoms. The van der Waals surface area contributed by atoms with Crippen molar-refractivity contribution in [2.45, 2.75) is 17.1 Å². The third-order valence-corrected chi connectivity index (χ3v) is 9.27. The van der Waals surface area contributed by atoms with Crippen LogP contribution in [0.5, 0.6) is 0 Å². The van der Waals surface area contributed by atoms with E-state index in [-0.39, 0.29) is 11.6 Å². The van der Waals surface area contributed by atoms with E-state index in [0.717, 1.165) is 16.2 Å². The summed E-state index contributed by atoms with van der Waals surface area (Å²) in [4.78, 5) is 44.5. The summed E-state index contributed by atoms with van der Waals surface area (Å²) in [5.74, 6) is -1.24. The standard InChI is InChI=1S/C34H25Cl3N4O3S2/c1-20(31(42)41-34-40-30(19-45-34)21-10-12-23(35)13-11-21)46-25-16-14-24(15-17-25)38-33(44)29(18-26-27(36)8-5-9-28(26)37)39-32(43)22-6-3-2-4-7-22/h2-20H,1H3,(H,38,44)(H,39,43)(H,40,41,42)/b29-18-. The van der Waals surface area contributed by atoms with Crippen LogP contribution in [-0.4, -0.2) is 28.0 Å². The van der Waals surface area contributed by atoms with E-state index in [4.69, 9.17) is 34.8 Å². The van der Waals surface area contributed by atoms with Gasteiger partial charge >= 0.3 is 0 Å². The van der Waals surface area contributed by atoms with Gasteiger partial charge in [-0.3, -0.25) is 14.4 Å². The van der Waals surface area contributed by atoms with Crippen molar-refractivity contribution >= 4 is 92.5 Å². The Morgan fingerprint density at radius 3 is 2.17 bits per heavy atom. The fraction of sp³-hybridized carbons (Fsp3) is 0.0588. The van der Waals surface area contributed by atoms with Gasteiger partial charge in [0, 0.05) is 47.7 Å². The van der Waals surface area contributed by atoms with E-state index in [1.807, 2.05) is 17.5 Å². The maximum absolute atomic E-state index is 13.4. The van der Waals surface area contributed by atoms with Crippen LogP contribution in [0.25, 0.3) is 17.3 Å². The summed E-state index contributed by atoms with van der Waals surface area (Å²) in [6.07, 6.45) is 1.44. The van der Waals surface area contributed by atoms with Crippen molar-refractivity contribution in [2.24, 2.45) is 0 Å². The summed E-state index contributed by atoms with van der Waals surface area (Å²) < 4.78 is 0. The Morgan fingerprint density at radius 1 is 0.826 bits per heavy atom. The molecule has 3 amide bonds. The van der Waals surface area contributed by atoms with Gasteiger partial charge in [0.2, 0.25) is 5.91 Å². The molecule has 1 atom stereocenters. The highest BCUT2D eigenvalue weighted by Crippen LogP contribution is 2.30. The summed E-state index contributed by atoms with van der Waals surface area (Å²) in [6, 6.07) is 27.8. The van der Waals surface area contributed by atoms with Crippen molar-refractivity contribution < 1.29 is 14.4 Å². The molecule has 1 unspecified atom stereocenters. The third kappa shape index (κ3) is 8.78. The quantitative estimate of drug-likeness (QED) is 0.0993. The van der Waals surface area contributed by atoms with E-state index in [1.165, 1.54) is 29.2 Å². The predicted octanol–water partition coefficient (Wildman–Crippen LogP) is 9.30. The van der Waals surface area contributed by atoms with Crippen LogP contribution in [0, 0.1) is 0 Å². The summed E-state index contributed by atoms with van der Waals surface area (Å²) in [6.45, 7) is 1.80. The molecule has 0 fully saturated rings. The zero-order valence-corrected chi connectivity index (χ0v) is 28.0. The molecule has 4 aromatic carbocycles. The molecule has 1 heterocycles. The first-order valence-electron chi connectivity index (χ1n) is 13.8. The van der Waals surface area contributed by atoms with E-state index in [9.17, 15) is 14.4 Å². The fourth-order valence-electron chi connectivity index (χ4n) is 4.10. The van der Waals surface area contributed by atoms with Crippen LogP contribution >= 0.6 is 57.9 Å². The first-order valence-corrected chi connectivity index (χ1v) is 16.7. The van der Waals surface area contributed by atoms with Crippen LogP contribution in [-0.2, 0) is 9.59 Å². The molecule has 1 aromatic heterocycles. The number of thiazole rings is 1. The molecule has 7 nitrogen and oxygen atoms in total. The van der Waals surface area contributed by atoms with Gasteiger partial charge in [-0.15, -0.1) is 23.1 Å². The van der Waals surface area contributed by atoms with Gasteiger partial charge in [0.25, 0.3) is 11.8 Å². The number of anilines is 2. The van der Waals surface area contributed by atoms with E-state index in [2.05, 4.69) is 20.9 Å². The second kappa shape index (κ2) is 15.4. The molecule has 0 aliphatic heterocycles. The van der Waals surface area contributed by atoms with Crippen LogP contribution in [0.3, 0.4) is 0 Å². The highest BCUT2D eigenvalue weighted by molar-refractivity contribution is 8.00. The molecule has 5 rings (SSSR count). The lowest BCUT2D eigenvalue weighted by molar-refractivity contribution is -0.115. The molecule has 0 bridgehead atoms. The van der Waals surface area contributed by atoms with Crippen LogP contribution in [0.2, 0.25) is 15.1 Å². The molecular formula is C34H25Cl3N4O3S2. The maximum atomic E-state index is 13.4. The Balaban J connectivity index is 1.23. The highest BCUT2D eigenvalue weighted by atomic mass is 35.5. The van der Waals surface area contributed by atoms with Gasteiger partial charge in [-0.2, -0.15) is 0 Å². The van der Waals surface area contributed by atoms with Crippen LogP contribution in [0.1, 0.15) is 22.8 Å². The summed E-state index contributed by atoms with van der Waals surface area (Å²) >= 11 is 21.4. The van der Waals surface area contributed by atoms with Crippen LogP contribution in [0.4, 0.5) is 10.8 Å². The number of aromatic nitrogens is 1. The SMILES string of the molecule is CC(Sc1ccc(NC(=O)/C(=C/c2c(Cl)cccc2Cl)NC(=O)c2ccccc2)cc1)C(=O)Nc1nc(-c2ccc(Cl)cc2)cs1. The molecule has 232 valence electrons. The van der Waals surface area contributed by atoms with E-state index in [1.54, 1.807) is 91.9 Å². The lowest BCUT2D eigenvalue weighted by Gasteiger charge is -2.13. The molecule has 0 aliphatic carbocycles. The highest BCUT2D eigenvalue weighted by Gasteiger charge is 2.19. The molecule has 3 N–H and O–H groups in total. The predicted molar refractivity (Wildman–Crippen MR) is 190 cm³/mol. The molecule has 5 aromatic rings. The number of hydrogen-bond donors (Lipinski definition) is 3. The number of nitrogens with one attached hydrogen (secondary N) is 3. The lowest BCUT2D eigenvalue weighted by Crippen LogP contribution is -2.30. The number of amides is 3. The molecule has 0 spiro atoms. The van der Waals surface area contributed by atoms with Gasteiger partial charge in [-0.1, -0.05) is 71.2 Å². The number of carbonyl (C=O) groups is 3. The summed E-state index contributed by atoms with van der Waals surface area (Å²) in [7, 11) is 0. The summed E-state index contributed by atoms with van der Waals surface area (Å²) in [5.41, 5.74) is 2.86. The summed E-state index contributed by atoms with van der Waals surface area (Å²) in [5, 5.41) is 11.6. The van der Waals surface area contributed by atoms with Crippen molar-refractivity contribution in [1.82, 2.24) is 10.3 Å². The normalized spacial score (nSPS) is 11.9. The molecule has 0 aliphatic rings. The second-order valence-electron chi connectivity index (χ2n) is 9.79. The third-order valence-electron chi connectivity index (χ3n) is 6.49. The molecular weight excluding hydrogens is 683 g/mol. The lowest BCUT2D eigenvalue weighted by atomic mass is 10.1.